The van der Waals surface area contributed by atoms with Crippen molar-refractivity contribution in [2.24, 2.45) is 0 Å². The van der Waals surface area contributed by atoms with Gasteiger partial charge in [-0.3, -0.25) is 9.59 Å². The monoisotopic (exact) mass is 282 g/mol. The highest BCUT2D eigenvalue weighted by Gasteiger charge is 2.12. The summed E-state index contributed by atoms with van der Waals surface area (Å²) in [6.07, 6.45) is 0.653. The Morgan fingerprint density at radius 1 is 1.40 bits per heavy atom. The van der Waals surface area contributed by atoms with Crippen molar-refractivity contribution in [2.75, 3.05) is 39.7 Å². The number of nitrogens with one attached hydrogen (secondary N) is 1. The van der Waals surface area contributed by atoms with Crippen molar-refractivity contribution in [1.82, 2.24) is 5.32 Å². The van der Waals surface area contributed by atoms with Crippen LogP contribution in [0.15, 0.2) is 12.1 Å². The third kappa shape index (κ3) is 4.43. The molecular weight excluding hydrogens is 264 g/mol. The molecule has 1 amide bonds. The zero-order chi connectivity index (χ0) is 15.0. The van der Waals surface area contributed by atoms with Gasteiger partial charge in [-0.15, -0.1) is 0 Å². The molecule has 0 aromatic heterocycles. The Labute approximate surface area is 117 Å². The molecule has 0 bridgehead atoms. The van der Waals surface area contributed by atoms with Gasteiger partial charge >= 0.3 is 0 Å². The van der Waals surface area contributed by atoms with Crippen molar-refractivity contribution in [3.63, 3.8) is 0 Å². The van der Waals surface area contributed by atoms with E-state index < -0.39 is 0 Å². The molecule has 0 aliphatic rings. The summed E-state index contributed by atoms with van der Waals surface area (Å²) in [6.45, 7) is 0.616. The molecule has 3 N–H and O–H groups in total. The van der Waals surface area contributed by atoms with Crippen LogP contribution in [-0.2, 0) is 9.53 Å². The number of rotatable bonds is 8. The molecule has 7 heteroatoms. The summed E-state index contributed by atoms with van der Waals surface area (Å²) in [5, 5.41) is 2.61. The lowest BCUT2D eigenvalue weighted by Crippen LogP contribution is -2.31. The molecule has 0 aliphatic heterocycles. The van der Waals surface area contributed by atoms with E-state index in [-0.39, 0.29) is 24.0 Å². The Bertz CT molecular complexity index is 476. The van der Waals surface area contributed by atoms with Crippen LogP contribution in [0.4, 0.5) is 5.69 Å². The van der Waals surface area contributed by atoms with Crippen LogP contribution in [-0.4, -0.2) is 46.2 Å². The standard InChI is InChI=1S/C13H18N2O5/c1-18-4-3-15-12(17)8-20-13-10(14)5-9(7-16)6-11(13)19-2/h5-7H,3-4,8,14H2,1-2H3,(H,15,17). The van der Waals surface area contributed by atoms with Gasteiger partial charge in [-0.05, 0) is 12.1 Å². The van der Waals surface area contributed by atoms with Crippen LogP contribution in [0.2, 0.25) is 0 Å². The lowest BCUT2D eigenvalue weighted by Gasteiger charge is -2.13. The predicted octanol–water partition coefficient (Wildman–Crippen LogP) is 0.231. The van der Waals surface area contributed by atoms with Crippen LogP contribution in [0.3, 0.4) is 0 Å². The van der Waals surface area contributed by atoms with Gasteiger partial charge in [0.2, 0.25) is 0 Å². The first-order chi connectivity index (χ1) is 9.62. The number of nitrogens with two attached hydrogens (primary N) is 1. The maximum Gasteiger partial charge on any atom is 0.258 e. The summed E-state index contributed by atoms with van der Waals surface area (Å²) in [5.74, 6) is 0.236. The summed E-state index contributed by atoms with van der Waals surface area (Å²) < 4.78 is 15.2. The lowest BCUT2D eigenvalue weighted by molar-refractivity contribution is -0.123. The van der Waals surface area contributed by atoms with E-state index in [2.05, 4.69) is 5.32 Å². The Hall–Kier alpha value is -2.28. The molecule has 0 atom stereocenters. The first kappa shape index (κ1) is 15.8. The SMILES string of the molecule is COCCNC(=O)COc1c(N)cc(C=O)cc1OC. The largest absolute Gasteiger partial charge is 0.493 e. The zero-order valence-corrected chi connectivity index (χ0v) is 11.5. The first-order valence-corrected chi connectivity index (χ1v) is 5.93. The minimum Gasteiger partial charge on any atom is -0.493 e. The summed E-state index contributed by atoms with van der Waals surface area (Å²) in [4.78, 5) is 22.2. The normalized spacial score (nSPS) is 9.90. The van der Waals surface area contributed by atoms with Crippen molar-refractivity contribution >= 4 is 17.9 Å². The molecule has 7 nitrogen and oxygen atoms in total. The van der Waals surface area contributed by atoms with E-state index >= 15 is 0 Å². The topological polar surface area (TPSA) is 99.9 Å². The van der Waals surface area contributed by atoms with E-state index in [1.807, 2.05) is 0 Å². The van der Waals surface area contributed by atoms with Crippen LogP contribution in [0.1, 0.15) is 10.4 Å². The summed E-state index contributed by atoms with van der Waals surface area (Å²) in [5.41, 5.74) is 6.37. The predicted molar refractivity (Wildman–Crippen MR) is 73.2 cm³/mol. The fourth-order valence-corrected chi connectivity index (χ4v) is 1.50. The second-order valence-corrected chi connectivity index (χ2v) is 3.89. The number of anilines is 1. The van der Waals surface area contributed by atoms with Crippen LogP contribution < -0.4 is 20.5 Å². The van der Waals surface area contributed by atoms with E-state index in [9.17, 15) is 9.59 Å². The summed E-state index contributed by atoms with van der Waals surface area (Å²) in [6, 6.07) is 2.94. The number of nitrogen functional groups attached to an aromatic ring is 1. The number of carbonyl (C=O) groups is 2. The minimum absolute atomic E-state index is 0.204. The number of aldehydes is 1. The van der Waals surface area contributed by atoms with Gasteiger partial charge in [0.1, 0.15) is 6.29 Å². The molecule has 0 aliphatic carbocycles. The molecule has 0 unspecified atom stereocenters. The van der Waals surface area contributed by atoms with Crippen LogP contribution in [0.5, 0.6) is 11.5 Å². The number of amides is 1. The maximum atomic E-state index is 11.5. The van der Waals surface area contributed by atoms with Gasteiger partial charge in [0, 0.05) is 19.2 Å². The molecule has 20 heavy (non-hydrogen) atoms. The van der Waals surface area contributed by atoms with E-state index in [1.54, 1.807) is 7.11 Å². The van der Waals surface area contributed by atoms with Crippen molar-refractivity contribution in [3.05, 3.63) is 17.7 Å². The average Bonchev–Trinajstić information content (AvgIpc) is 2.45. The van der Waals surface area contributed by atoms with Gasteiger partial charge in [-0.25, -0.2) is 0 Å². The van der Waals surface area contributed by atoms with Gasteiger partial charge in [-0.1, -0.05) is 0 Å². The van der Waals surface area contributed by atoms with Crippen LogP contribution in [0, 0.1) is 0 Å². The second-order valence-electron chi connectivity index (χ2n) is 3.89. The molecule has 1 aromatic carbocycles. The third-order valence-electron chi connectivity index (χ3n) is 2.44. The van der Waals surface area contributed by atoms with Crippen LogP contribution >= 0.6 is 0 Å². The molecule has 1 rings (SSSR count). The Morgan fingerprint density at radius 2 is 2.15 bits per heavy atom. The molecule has 1 aromatic rings. The fraction of sp³-hybridized carbons (Fsp3) is 0.385. The lowest BCUT2D eigenvalue weighted by atomic mass is 10.2. The summed E-state index contributed by atoms with van der Waals surface area (Å²) >= 11 is 0. The Kier molecular flexibility index (Phi) is 6.31. The third-order valence-corrected chi connectivity index (χ3v) is 2.44. The van der Waals surface area contributed by atoms with Crippen LogP contribution in [0.25, 0.3) is 0 Å². The van der Waals surface area contributed by atoms with Crippen molar-refractivity contribution < 1.29 is 23.8 Å². The molecule has 0 saturated carbocycles. The van der Waals surface area contributed by atoms with E-state index in [1.165, 1.54) is 19.2 Å². The highest BCUT2D eigenvalue weighted by Crippen LogP contribution is 2.34. The van der Waals surface area contributed by atoms with Gasteiger partial charge in [0.05, 0.1) is 19.4 Å². The quantitative estimate of drug-likeness (QED) is 0.402. The van der Waals surface area contributed by atoms with Crippen molar-refractivity contribution in [3.8, 4) is 11.5 Å². The van der Waals surface area contributed by atoms with Gasteiger partial charge in [-0.2, -0.15) is 0 Å². The number of hydrogen-bond donors (Lipinski definition) is 2. The molecule has 0 radical (unpaired) electrons. The molecule has 0 fully saturated rings. The molecule has 0 saturated heterocycles. The zero-order valence-electron chi connectivity index (χ0n) is 11.5. The van der Waals surface area contributed by atoms with Crippen molar-refractivity contribution in [2.45, 2.75) is 0 Å². The fourth-order valence-electron chi connectivity index (χ4n) is 1.50. The highest BCUT2D eigenvalue weighted by atomic mass is 16.5. The molecule has 110 valence electrons. The van der Waals surface area contributed by atoms with Gasteiger partial charge < -0.3 is 25.3 Å². The number of ether oxygens (including phenoxy) is 3. The number of methoxy groups -OCH3 is 2. The number of benzene rings is 1. The summed E-state index contributed by atoms with van der Waals surface area (Å²) in [7, 11) is 2.97. The highest BCUT2D eigenvalue weighted by molar-refractivity contribution is 5.81. The Morgan fingerprint density at radius 3 is 2.75 bits per heavy atom. The number of hydrogen-bond acceptors (Lipinski definition) is 6. The van der Waals surface area contributed by atoms with Crippen molar-refractivity contribution in [1.29, 1.82) is 0 Å². The molecular formula is C13H18N2O5. The maximum absolute atomic E-state index is 11.5. The second kappa shape index (κ2) is 8.00. The average molecular weight is 282 g/mol. The van der Waals surface area contributed by atoms with Gasteiger partial charge in [0.25, 0.3) is 5.91 Å². The number of carbonyl (C=O) groups excluding carboxylic acids is 2. The smallest absolute Gasteiger partial charge is 0.258 e. The van der Waals surface area contributed by atoms with E-state index in [4.69, 9.17) is 19.9 Å². The molecule has 0 heterocycles. The molecule has 0 spiro atoms. The van der Waals surface area contributed by atoms with E-state index in [0.29, 0.717) is 30.8 Å². The Balaban J connectivity index is 2.67. The minimum atomic E-state index is -0.303. The van der Waals surface area contributed by atoms with Gasteiger partial charge in [0.15, 0.2) is 18.1 Å². The van der Waals surface area contributed by atoms with E-state index in [0.717, 1.165) is 0 Å². The first-order valence-electron chi connectivity index (χ1n) is 5.93.